The molecule has 0 unspecified atom stereocenters. The Hall–Kier alpha value is -2.22. The number of hydrogen-bond donors (Lipinski definition) is 1. The van der Waals surface area contributed by atoms with Gasteiger partial charge in [0, 0.05) is 17.3 Å². The van der Waals surface area contributed by atoms with Crippen LogP contribution < -0.4 is 4.74 Å². The Bertz CT molecular complexity index is 669. The lowest BCUT2D eigenvalue weighted by Crippen LogP contribution is -1.93. The van der Waals surface area contributed by atoms with Gasteiger partial charge >= 0.3 is 0 Å². The van der Waals surface area contributed by atoms with Crippen molar-refractivity contribution >= 4 is 10.9 Å². The molecule has 1 N–H and O–H groups in total. The number of aromatic amines is 1. The second-order valence-electron chi connectivity index (χ2n) is 4.32. The van der Waals surface area contributed by atoms with Gasteiger partial charge in [0.2, 0.25) is 0 Å². The van der Waals surface area contributed by atoms with Crippen molar-refractivity contribution in [3.05, 3.63) is 65.9 Å². The van der Waals surface area contributed by atoms with E-state index in [0.717, 1.165) is 17.7 Å². The lowest BCUT2D eigenvalue weighted by Gasteiger charge is -2.08. The summed E-state index contributed by atoms with van der Waals surface area (Å²) in [6.45, 7) is 0. The fraction of sp³-hybridized carbons (Fsp3) is 0.125. The molecule has 2 heteroatoms. The molecule has 0 saturated carbocycles. The van der Waals surface area contributed by atoms with Gasteiger partial charge in [0.1, 0.15) is 5.75 Å². The third kappa shape index (κ3) is 1.97. The number of H-pyrrole nitrogens is 1. The molecule has 0 saturated heterocycles. The molecule has 0 atom stereocenters. The van der Waals surface area contributed by atoms with Gasteiger partial charge < -0.3 is 9.72 Å². The second-order valence-corrected chi connectivity index (χ2v) is 4.32. The highest BCUT2D eigenvalue weighted by atomic mass is 16.5. The van der Waals surface area contributed by atoms with Gasteiger partial charge in [-0.2, -0.15) is 0 Å². The molecule has 0 aliphatic heterocycles. The number of ether oxygens (including phenoxy) is 1. The van der Waals surface area contributed by atoms with Crippen molar-refractivity contribution in [3.63, 3.8) is 0 Å². The van der Waals surface area contributed by atoms with Crippen LogP contribution in [0.4, 0.5) is 0 Å². The van der Waals surface area contributed by atoms with Crippen LogP contribution in [-0.4, -0.2) is 12.1 Å². The zero-order valence-electron chi connectivity index (χ0n) is 10.2. The summed E-state index contributed by atoms with van der Waals surface area (Å²) in [4.78, 5) is 3.08. The topological polar surface area (TPSA) is 25.0 Å². The summed E-state index contributed by atoms with van der Waals surface area (Å²) in [6, 6.07) is 16.5. The summed E-state index contributed by atoms with van der Waals surface area (Å²) < 4.78 is 5.38. The summed E-state index contributed by atoms with van der Waals surface area (Å²) in [5, 5.41) is 1.20. The van der Waals surface area contributed by atoms with Gasteiger partial charge in [0.25, 0.3) is 0 Å². The van der Waals surface area contributed by atoms with Crippen molar-refractivity contribution in [2.75, 3.05) is 7.11 Å². The molecule has 1 radical (unpaired) electrons. The van der Waals surface area contributed by atoms with Gasteiger partial charge in [0.15, 0.2) is 0 Å². The number of para-hydroxylation sites is 1. The Labute approximate surface area is 106 Å². The first-order valence-electron chi connectivity index (χ1n) is 5.96. The number of rotatable bonds is 3. The summed E-state index contributed by atoms with van der Waals surface area (Å²) >= 11 is 0. The molecular formula is C16H14NO. The van der Waals surface area contributed by atoms with E-state index in [0.29, 0.717) is 0 Å². The van der Waals surface area contributed by atoms with Gasteiger partial charge in [-0.1, -0.05) is 24.3 Å². The maximum absolute atomic E-state index is 5.38. The molecule has 0 fully saturated rings. The number of aromatic nitrogens is 1. The Morgan fingerprint density at radius 1 is 1.17 bits per heavy atom. The largest absolute Gasteiger partial charge is 0.496 e. The average Bonchev–Trinajstić information content (AvgIpc) is 2.87. The molecule has 0 aliphatic rings. The molecule has 1 heterocycles. The van der Waals surface area contributed by atoms with E-state index in [1.165, 1.54) is 16.5 Å². The fourth-order valence-electron chi connectivity index (χ4n) is 2.22. The molecular weight excluding hydrogens is 222 g/mol. The fourth-order valence-corrected chi connectivity index (χ4v) is 2.22. The predicted octanol–water partition coefficient (Wildman–Crippen LogP) is 3.57. The lowest BCUT2D eigenvalue weighted by atomic mass is 10.0. The maximum atomic E-state index is 5.38. The highest BCUT2D eigenvalue weighted by Gasteiger charge is 2.04. The zero-order valence-corrected chi connectivity index (χ0v) is 10.2. The molecule has 1 aromatic heterocycles. The Morgan fingerprint density at radius 3 is 2.94 bits per heavy atom. The third-order valence-electron chi connectivity index (χ3n) is 3.14. The van der Waals surface area contributed by atoms with Crippen molar-refractivity contribution in [1.29, 1.82) is 0 Å². The SMILES string of the molecule is COc1ccccc1Cc1ccc2[nH][c]cc2c1. The summed E-state index contributed by atoms with van der Waals surface area (Å²) in [5.41, 5.74) is 3.61. The minimum atomic E-state index is 0.880. The van der Waals surface area contributed by atoms with Crippen LogP contribution in [0.25, 0.3) is 10.9 Å². The van der Waals surface area contributed by atoms with Crippen LogP contribution in [-0.2, 0) is 6.42 Å². The highest BCUT2D eigenvalue weighted by molar-refractivity contribution is 5.79. The van der Waals surface area contributed by atoms with Crippen LogP contribution in [0.3, 0.4) is 0 Å². The number of hydrogen-bond acceptors (Lipinski definition) is 1. The molecule has 0 aliphatic carbocycles. The molecule has 0 bridgehead atoms. The number of fused-ring (bicyclic) bond motifs is 1. The molecule has 0 amide bonds. The van der Waals surface area contributed by atoms with Crippen molar-refractivity contribution in [1.82, 2.24) is 4.98 Å². The molecule has 3 rings (SSSR count). The predicted molar refractivity (Wildman–Crippen MR) is 72.9 cm³/mol. The number of methoxy groups -OCH3 is 1. The van der Waals surface area contributed by atoms with Gasteiger partial charge in [-0.05, 0) is 35.4 Å². The normalized spacial score (nSPS) is 10.7. The lowest BCUT2D eigenvalue weighted by molar-refractivity contribution is 0.410. The van der Waals surface area contributed by atoms with E-state index in [-0.39, 0.29) is 0 Å². The van der Waals surface area contributed by atoms with Crippen molar-refractivity contribution in [2.24, 2.45) is 0 Å². The molecule has 89 valence electrons. The van der Waals surface area contributed by atoms with E-state index in [9.17, 15) is 0 Å². The van der Waals surface area contributed by atoms with Crippen LogP contribution >= 0.6 is 0 Å². The van der Waals surface area contributed by atoms with E-state index in [2.05, 4.69) is 35.4 Å². The first-order chi connectivity index (χ1) is 8.86. The van der Waals surface area contributed by atoms with Gasteiger partial charge in [0.05, 0.1) is 13.3 Å². The Balaban J connectivity index is 1.95. The Kier molecular flexibility index (Phi) is 2.77. The third-order valence-corrected chi connectivity index (χ3v) is 3.14. The van der Waals surface area contributed by atoms with E-state index in [1.807, 2.05) is 24.3 Å². The van der Waals surface area contributed by atoms with Crippen LogP contribution in [0, 0.1) is 6.20 Å². The smallest absolute Gasteiger partial charge is 0.122 e. The van der Waals surface area contributed by atoms with Crippen LogP contribution in [0.1, 0.15) is 11.1 Å². The van der Waals surface area contributed by atoms with Crippen molar-refractivity contribution in [3.8, 4) is 5.75 Å². The summed E-state index contributed by atoms with van der Waals surface area (Å²) in [7, 11) is 1.71. The van der Waals surface area contributed by atoms with E-state index < -0.39 is 0 Å². The summed E-state index contributed by atoms with van der Waals surface area (Å²) in [6.07, 6.45) is 3.88. The highest BCUT2D eigenvalue weighted by Crippen LogP contribution is 2.22. The number of nitrogens with one attached hydrogen (secondary N) is 1. The monoisotopic (exact) mass is 236 g/mol. The van der Waals surface area contributed by atoms with E-state index in [1.54, 1.807) is 7.11 Å². The first kappa shape index (κ1) is 10.9. The maximum Gasteiger partial charge on any atom is 0.122 e. The van der Waals surface area contributed by atoms with E-state index in [4.69, 9.17) is 4.74 Å². The Morgan fingerprint density at radius 2 is 2.06 bits per heavy atom. The molecule has 18 heavy (non-hydrogen) atoms. The standard InChI is InChI=1S/C16H14NO/c1-18-16-5-3-2-4-14(16)11-12-6-7-15-13(10-12)8-9-17-15/h2-8,10,17H,11H2,1H3. The minimum absolute atomic E-state index is 0.880. The minimum Gasteiger partial charge on any atom is -0.496 e. The molecule has 2 aromatic carbocycles. The molecule has 2 nitrogen and oxygen atoms in total. The van der Waals surface area contributed by atoms with Gasteiger partial charge in [-0.15, -0.1) is 0 Å². The van der Waals surface area contributed by atoms with Crippen molar-refractivity contribution < 1.29 is 4.74 Å². The van der Waals surface area contributed by atoms with Crippen LogP contribution in [0.15, 0.2) is 48.5 Å². The molecule has 3 aromatic rings. The van der Waals surface area contributed by atoms with Gasteiger partial charge in [-0.25, -0.2) is 0 Å². The quantitative estimate of drug-likeness (QED) is 0.739. The first-order valence-corrected chi connectivity index (χ1v) is 5.96. The van der Waals surface area contributed by atoms with E-state index >= 15 is 0 Å². The van der Waals surface area contributed by atoms with Crippen LogP contribution in [0.2, 0.25) is 0 Å². The molecule has 0 spiro atoms. The van der Waals surface area contributed by atoms with Gasteiger partial charge in [-0.3, -0.25) is 0 Å². The van der Waals surface area contributed by atoms with Crippen LogP contribution in [0.5, 0.6) is 5.75 Å². The average molecular weight is 236 g/mol. The number of benzene rings is 2. The summed E-state index contributed by atoms with van der Waals surface area (Å²) in [5.74, 6) is 0.943. The van der Waals surface area contributed by atoms with Crippen molar-refractivity contribution in [2.45, 2.75) is 6.42 Å². The second kappa shape index (κ2) is 4.57. The zero-order chi connectivity index (χ0) is 12.4.